The molecular formula is C11H22N2. The third kappa shape index (κ3) is 2.05. The maximum absolute atomic E-state index is 3.44. The highest BCUT2D eigenvalue weighted by atomic mass is 15.2. The monoisotopic (exact) mass is 182 g/mol. The quantitative estimate of drug-likeness (QED) is 0.711. The molecule has 13 heavy (non-hydrogen) atoms. The summed E-state index contributed by atoms with van der Waals surface area (Å²) in [5.41, 5.74) is 0.613. The van der Waals surface area contributed by atoms with Crippen LogP contribution < -0.4 is 5.32 Å². The molecule has 1 aliphatic heterocycles. The normalized spacial score (nSPS) is 27.9. The Bertz CT molecular complexity index is 167. The molecule has 1 aliphatic carbocycles. The van der Waals surface area contributed by atoms with Crippen molar-refractivity contribution in [1.82, 2.24) is 10.2 Å². The van der Waals surface area contributed by atoms with Gasteiger partial charge in [-0.05, 0) is 65.2 Å². The van der Waals surface area contributed by atoms with Gasteiger partial charge in [0, 0.05) is 5.54 Å². The molecule has 0 aromatic heterocycles. The summed E-state index contributed by atoms with van der Waals surface area (Å²) in [4.78, 5) is 2.45. The number of hydrogen-bond acceptors (Lipinski definition) is 2. The van der Waals surface area contributed by atoms with Crippen molar-refractivity contribution in [1.29, 1.82) is 0 Å². The molecule has 76 valence electrons. The van der Waals surface area contributed by atoms with Gasteiger partial charge in [-0.15, -0.1) is 0 Å². The van der Waals surface area contributed by atoms with Crippen LogP contribution >= 0.6 is 0 Å². The minimum absolute atomic E-state index is 0.613. The number of rotatable bonds is 3. The molecule has 0 amide bonds. The van der Waals surface area contributed by atoms with Crippen LogP contribution in [0.15, 0.2) is 0 Å². The lowest BCUT2D eigenvalue weighted by Gasteiger charge is -2.30. The Morgan fingerprint density at radius 3 is 2.31 bits per heavy atom. The summed E-state index contributed by atoms with van der Waals surface area (Å²) in [6.07, 6.45) is 7.11. The largest absolute Gasteiger partial charge is 0.317 e. The summed E-state index contributed by atoms with van der Waals surface area (Å²) in [5, 5.41) is 3.44. The predicted octanol–water partition coefficient (Wildman–Crippen LogP) is 1.47. The van der Waals surface area contributed by atoms with Crippen LogP contribution in [0.3, 0.4) is 0 Å². The van der Waals surface area contributed by atoms with Gasteiger partial charge in [0.05, 0.1) is 0 Å². The number of nitrogens with zero attached hydrogens (tertiary/aromatic N) is 1. The van der Waals surface area contributed by atoms with Gasteiger partial charge in [0.25, 0.3) is 0 Å². The van der Waals surface area contributed by atoms with Crippen molar-refractivity contribution < 1.29 is 0 Å². The summed E-state index contributed by atoms with van der Waals surface area (Å²) < 4.78 is 0. The van der Waals surface area contributed by atoms with Crippen LogP contribution in [-0.4, -0.2) is 37.6 Å². The Balaban J connectivity index is 1.82. The molecular weight excluding hydrogens is 160 g/mol. The Labute approximate surface area is 81.7 Å². The average Bonchev–Trinajstić information content (AvgIpc) is 2.87. The molecule has 2 nitrogen and oxygen atoms in total. The molecule has 0 atom stereocenters. The smallest absolute Gasteiger partial charge is 0.0207 e. The molecule has 1 N–H and O–H groups in total. The van der Waals surface area contributed by atoms with E-state index >= 15 is 0 Å². The highest BCUT2D eigenvalue weighted by molar-refractivity contribution is 5.03. The Morgan fingerprint density at radius 2 is 1.85 bits per heavy atom. The van der Waals surface area contributed by atoms with E-state index in [1.807, 2.05) is 0 Å². The molecule has 0 radical (unpaired) electrons. The van der Waals surface area contributed by atoms with Crippen LogP contribution in [0.1, 0.15) is 32.1 Å². The van der Waals surface area contributed by atoms with Crippen LogP contribution in [0.4, 0.5) is 0 Å². The highest BCUT2D eigenvalue weighted by Crippen LogP contribution is 2.46. The summed E-state index contributed by atoms with van der Waals surface area (Å²) in [6.45, 7) is 2.49. The first-order valence-corrected chi connectivity index (χ1v) is 5.61. The van der Waals surface area contributed by atoms with Gasteiger partial charge in [0.2, 0.25) is 0 Å². The van der Waals surface area contributed by atoms with Crippen LogP contribution in [0.2, 0.25) is 0 Å². The van der Waals surface area contributed by atoms with Gasteiger partial charge >= 0.3 is 0 Å². The van der Waals surface area contributed by atoms with Gasteiger partial charge < -0.3 is 10.2 Å². The number of hydrogen-bond donors (Lipinski definition) is 1. The van der Waals surface area contributed by atoms with E-state index in [-0.39, 0.29) is 0 Å². The van der Waals surface area contributed by atoms with E-state index in [9.17, 15) is 0 Å². The minimum atomic E-state index is 0.613. The minimum Gasteiger partial charge on any atom is -0.317 e. The Hall–Kier alpha value is -0.0800. The van der Waals surface area contributed by atoms with Gasteiger partial charge in [0.15, 0.2) is 0 Å². The molecule has 0 aromatic carbocycles. The average molecular weight is 182 g/mol. The summed E-state index contributed by atoms with van der Waals surface area (Å²) in [7, 11) is 4.49. The Kier molecular flexibility index (Phi) is 2.61. The van der Waals surface area contributed by atoms with E-state index in [1.165, 1.54) is 45.2 Å². The Morgan fingerprint density at radius 1 is 1.23 bits per heavy atom. The standard InChI is InChI=1S/C11H22N2/c1-13(2)11(5-6-11)9-10-3-7-12-8-4-10/h10,12H,3-9H2,1-2H3. The lowest BCUT2D eigenvalue weighted by atomic mass is 9.89. The van der Waals surface area contributed by atoms with E-state index < -0.39 is 0 Å². The molecule has 2 rings (SSSR count). The van der Waals surface area contributed by atoms with E-state index in [1.54, 1.807) is 0 Å². The lowest BCUT2D eigenvalue weighted by Crippen LogP contribution is -2.36. The van der Waals surface area contributed by atoms with Gasteiger partial charge in [-0.2, -0.15) is 0 Å². The van der Waals surface area contributed by atoms with Crippen molar-refractivity contribution in [2.75, 3.05) is 27.2 Å². The second kappa shape index (κ2) is 3.58. The number of nitrogens with one attached hydrogen (secondary N) is 1. The fourth-order valence-corrected chi connectivity index (χ4v) is 2.60. The fraction of sp³-hybridized carbons (Fsp3) is 1.00. The van der Waals surface area contributed by atoms with Crippen molar-refractivity contribution in [2.24, 2.45) is 5.92 Å². The molecule has 2 aliphatic rings. The first-order valence-electron chi connectivity index (χ1n) is 5.61. The van der Waals surface area contributed by atoms with Crippen LogP contribution in [-0.2, 0) is 0 Å². The zero-order valence-corrected chi connectivity index (χ0v) is 8.97. The molecule has 0 spiro atoms. The maximum atomic E-state index is 3.44. The maximum Gasteiger partial charge on any atom is 0.0207 e. The molecule has 1 heterocycles. The first-order chi connectivity index (χ1) is 6.23. The van der Waals surface area contributed by atoms with Crippen molar-refractivity contribution in [3.05, 3.63) is 0 Å². The molecule has 2 heteroatoms. The second-order valence-electron chi connectivity index (χ2n) is 5.02. The predicted molar refractivity (Wildman–Crippen MR) is 55.9 cm³/mol. The van der Waals surface area contributed by atoms with E-state index in [2.05, 4.69) is 24.3 Å². The second-order valence-corrected chi connectivity index (χ2v) is 5.02. The molecule has 0 unspecified atom stereocenters. The summed E-state index contributed by atoms with van der Waals surface area (Å²) >= 11 is 0. The van der Waals surface area contributed by atoms with Crippen LogP contribution in [0, 0.1) is 5.92 Å². The van der Waals surface area contributed by atoms with Gasteiger partial charge in [0.1, 0.15) is 0 Å². The molecule has 1 saturated heterocycles. The zero-order chi connectivity index (χ0) is 9.31. The van der Waals surface area contributed by atoms with Crippen LogP contribution in [0.5, 0.6) is 0 Å². The van der Waals surface area contributed by atoms with Crippen LogP contribution in [0.25, 0.3) is 0 Å². The summed E-state index contributed by atoms with van der Waals surface area (Å²) in [5.74, 6) is 0.992. The topological polar surface area (TPSA) is 15.3 Å². The summed E-state index contributed by atoms with van der Waals surface area (Å²) in [6, 6.07) is 0. The highest BCUT2D eigenvalue weighted by Gasteiger charge is 2.45. The van der Waals surface area contributed by atoms with Gasteiger partial charge in [-0.1, -0.05) is 0 Å². The van der Waals surface area contributed by atoms with Crippen molar-refractivity contribution >= 4 is 0 Å². The third-order valence-corrected chi connectivity index (χ3v) is 3.90. The van der Waals surface area contributed by atoms with E-state index in [4.69, 9.17) is 0 Å². The first kappa shape index (κ1) is 9.47. The van der Waals surface area contributed by atoms with E-state index in [0.717, 1.165) is 5.92 Å². The van der Waals surface area contributed by atoms with Gasteiger partial charge in [-0.3, -0.25) is 0 Å². The zero-order valence-electron chi connectivity index (χ0n) is 8.97. The third-order valence-electron chi connectivity index (χ3n) is 3.90. The molecule has 0 aromatic rings. The van der Waals surface area contributed by atoms with Crippen molar-refractivity contribution in [2.45, 2.75) is 37.6 Å². The lowest BCUT2D eigenvalue weighted by molar-refractivity contribution is 0.202. The fourth-order valence-electron chi connectivity index (χ4n) is 2.60. The SMILES string of the molecule is CN(C)C1(CC2CCNCC2)CC1. The number of piperidine rings is 1. The molecule has 0 bridgehead atoms. The molecule has 1 saturated carbocycles. The molecule has 2 fully saturated rings. The van der Waals surface area contributed by atoms with Crippen molar-refractivity contribution in [3.63, 3.8) is 0 Å². The van der Waals surface area contributed by atoms with E-state index in [0.29, 0.717) is 5.54 Å². The van der Waals surface area contributed by atoms with Crippen molar-refractivity contribution in [3.8, 4) is 0 Å². The van der Waals surface area contributed by atoms with Gasteiger partial charge in [-0.25, -0.2) is 0 Å².